The predicted octanol–water partition coefficient (Wildman–Crippen LogP) is 2.15. The number of hydrogen-bond donors (Lipinski definition) is 3. The van der Waals surface area contributed by atoms with Crippen molar-refractivity contribution >= 4 is 23.5 Å². The Labute approximate surface area is 189 Å². The van der Waals surface area contributed by atoms with E-state index in [9.17, 15) is 9.59 Å². The minimum Gasteiger partial charge on any atom is -0.481 e. The summed E-state index contributed by atoms with van der Waals surface area (Å²) in [6, 6.07) is -0.105. The molecule has 3 unspecified atom stereocenters. The van der Waals surface area contributed by atoms with Crippen LogP contribution in [0.2, 0.25) is 0 Å². The molecule has 1 amide bonds. The number of carboxylic acid groups (broad SMARTS) is 1. The van der Waals surface area contributed by atoms with Gasteiger partial charge in [-0.2, -0.15) is 0 Å². The Morgan fingerprint density at radius 1 is 1.23 bits per heavy atom. The number of carbonyl (C=O) groups excluding carboxylic acids is 1. The fraction of sp³-hybridized carbons (Fsp3) is 0.636. The number of amides is 1. The number of allylic oxidation sites excluding steroid dienone is 1. The highest BCUT2D eigenvalue weighted by Gasteiger charge is 2.31. The molecule has 9 heteroatoms. The summed E-state index contributed by atoms with van der Waals surface area (Å²) >= 11 is 6.18. The van der Waals surface area contributed by atoms with Crippen LogP contribution in [0.3, 0.4) is 0 Å². The molecule has 0 bridgehead atoms. The number of rotatable bonds is 11. The second kappa shape index (κ2) is 12.9. The predicted molar refractivity (Wildman–Crippen MR) is 120 cm³/mol. The van der Waals surface area contributed by atoms with Crippen LogP contribution < -0.4 is 11.1 Å². The van der Waals surface area contributed by atoms with Gasteiger partial charge >= 0.3 is 5.97 Å². The average Bonchev–Trinajstić information content (AvgIpc) is 2.89. The largest absolute Gasteiger partial charge is 0.481 e. The molecule has 1 fully saturated rings. The van der Waals surface area contributed by atoms with Crippen molar-refractivity contribution < 1.29 is 24.2 Å². The normalized spacial score (nSPS) is 24.6. The van der Waals surface area contributed by atoms with Crippen LogP contribution in [-0.2, 0) is 19.1 Å². The molecule has 0 aromatic carbocycles. The summed E-state index contributed by atoms with van der Waals surface area (Å²) in [6.45, 7) is 2.55. The van der Waals surface area contributed by atoms with E-state index in [1.807, 2.05) is 0 Å². The van der Waals surface area contributed by atoms with Crippen molar-refractivity contribution in [3.05, 3.63) is 34.5 Å². The van der Waals surface area contributed by atoms with Crippen LogP contribution in [0.15, 0.2) is 34.5 Å². The van der Waals surface area contributed by atoms with Crippen LogP contribution in [0.1, 0.15) is 38.5 Å². The number of halogens is 1. The molecule has 1 aliphatic carbocycles. The molecule has 0 aromatic rings. The van der Waals surface area contributed by atoms with Crippen molar-refractivity contribution in [3.8, 4) is 0 Å². The SMILES string of the molecule is COC1C=C(N)C(Cl)=CC(C(=O)NC2CCN(CCCCCCC(=O)O)CC2OC)=C1. The number of carbonyl (C=O) groups is 2. The first-order valence-electron chi connectivity index (χ1n) is 10.7. The summed E-state index contributed by atoms with van der Waals surface area (Å²) in [5, 5.41) is 12.1. The minimum atomic E-state index is -0.734. The molecule has 2 aliphatic rings. The highest BCUT2D eigenvalue weighted by atomic mass is 35.5. The summed E-state index contributed by atoms with van der Waals surface area (Å²) < 4.78 is 11.0. The number of likely N-dealkylation sites (tertiary alicyclic amines) is 1. The number of ether oxygens (including phenoxy) is 2. The lowest BCUT2D eigenvalue weighted by atomic mass is 10.00. The van der Waals surface area contributed by atoms with Gasteiger partial charge in [0.1, 0.15) is 0 Å². The first-order chi connectivity index (χ1) is 14.8. The summed E-state index contributed by atoms with van der Waals surface area (Å²) in [5.41, 5.74) is 6.68. The Bertz CT molecular complexity index is 722. The maximum Gasteiger partial charge on any atom is 0.303 e. The van der Waals surface area contributed by atoms with E-state index < -0.39 is 12.1 Å². The van der Waals surface area contributed by atoms with Gasteiger partial charge in [0, 0.05) is 45.0 Å². The Morgan fingerprint density at radius 3 is 2.65 bits per heavy atom. The van der Waals surface area contributed by atoms with E-state index in [0.717, 1.165) is 51.7 Å². The molecule has 1 heterocycles. The van der Waals surface area contributed by atoms with Gasteiger partial charge < -0.3 is 30.5 Å². The third kappa shape index (κ3) is 8.29. The van der Waals surface area contributed by atoms with E-state index in [2.05, 4.69) is 10.2 Å². The number of aliphatic carboxylic acids is 1. The highest BCUT2D eigenvalue weighted by Crippen LogP contribution is 2.21. The van der Waals surface area contributed by atoms with Crippen LogP contribution in [0.5, 0.6) is 0 Å². The zero-order valence-corrected chi connectivity index (χ0v) is 19.1. The topological polar surface area (TPSA) is 114 Å². The van der Waals surface area contributed by atoms with Crippen LogP contribution in [0.4, 0.5) is 0 Å². The van der Waals surface area contributed by atoms with Gasteiger partial charge in [-0.3, -0.25) is 9.59 Å². The smallest absolute Gasteiger partial charge is 0.303 e. The Morgan fingerprint density at radius 2 is 1.97 bits per heavy atom. The van der Waals surface area contributed by atoms with E-state index in [1.54, 1.807) is 32.4 Å². The minimum absolute atomic E-state index is 0.105. The molecular formula is C22H34ClN3O5. The van der Waals surface area contributed by atoms with Gasteiger partial charge in [-0.15, -0.1) is 0 Å². The molecule has 0 saturated carbocycles. The van der Waals surface area contributed by atoms with E-state index >= 15 is 0 Å². The van der Waals surface area contributed by atoms with Crippen LogP contribution >= 0.6 is 11.6 Å². The molecule has 4 N–H and O–H groups in total. The molecule has 1 aliphatic heterocycles. The Hall–Kier alpha value is -1.87. The maximum absolute atomic E-state index is 12.9. The number of piperidine rings is 1. The summed E-state index contributed by atoms with van der Waals surface area (Å²) in [6.07, 6.45) is 9.09. The van der Waals surface area contributed by atoms with Gasteiger partial charge in [0.15, 0.2) is 0 Å². The van der Waals surface area contributed by atoms with Crippen LogP contribution in [0, 0.1) is 0 Å². The lowest BCUT2D eigenvalue weighted by Crippen LogP contribution is -2.55. The van der Waals surface area contributed by atoms with Crippen molar-refractivity contribution in [2.75, 3.05) is 33.9 Å². The molecular weight excluding hydrogens is 422 g/mol. The summed E-state index contributed by atoms with van der Waals surface area (Å²) in [5.74, 6) is -0.968. The third-order valence-corrected chi connectivity index (χ3v) is 5.98. The first kappa shape index (κ1) is 25.4. The number of hydrogen-bond acceptors (Lipinski definition) is 6. The molecule has 0 spiro atoms. The van der Waals surface area contributed by atoms with Crippen molar-refractivity contribution in [3.63, 3.8) is 0 Å². The van der Waals surface area contributed by atoms with Crippen molar-refractivity contribution in [1.82, 2.24) is 10.2 Å². The van der Waals surface area contributed by atoms with E-state index in [0.29, 0.717) is 16.3 Å². The van der Waals surface area contributed by atoms with Gasteiger partial charge in [-0.05, 0) is 44.0 Å². The van der Waals surface area contributed by atoms with Gasteiger partial charge in [0.25, 0.3) is 5.91 Å². The number of carboxylic acids is 1. The Kier molecular flexibility index (Phi) is 10.5. The van der Waals surface area contributed by atoms with Gasteiger partial charge in [-0.1, -0.05) is 24.4 Å². The van der Waals surface area contributed by atoms with Crippen molar-refractivity contribution in [2.45, 2.75) is 56.8 Å². The number of nitrogens with zero attached hydrogens (tertiary/aromatic N) is 1. The number of unbranched alkanes of at least 4 members (excludes halogenated alkanes) is 3. The molecule has 8 nitrogen and oxygen atoms in total. The van der Waals surface area contributed by atoms with Crippen molar-refractivity contribution in [1.29, 1.82) is 0 Å². The van der Waals surface area contributed by atoms with Gasteiger partial charge in [0.05, 0.1) is 23.3 Å². The molecule has 31 heavy (non-hydrogen) atoms. The molecule has 0 aromatic heterocycles. The molecule has 174 valence electrons. The van der Waals surface area contributed by atoms with E-state index in [-0.39, 0.29) is 24.5 Å². The van der Waals surface area contributed by atoms with Crippen molar-refractivity contribution in [2.24, 2.45) is 5.73 Å². The number of nitrogens with two attached hydrogens (primary N) is 1. The fourth-order valence-corrected chi connectivity index (χ4v) is 4.01. The number of methoxy groups -OCH3 is 2. The van der Waals surface area contributed by atoms with Crippen LogP contribution in [-0.4, -0.2) is 74.0 Å². The maximum atomic E-state index is 12.9. The molecule has 3 atom stereocenters. The van der Waals surface area contributed by atoms with E-state index in [1.165, 1.54) is 0 Å². The zero-order chi connectivity index (χ0) is 22.8. The average molecular weight is 456 g/mol. The summed E-state index contributed by atoms with van der Waals surface area (Å²) in [7, 11) is 3.20. The molecule has 0 radical (unpaired) electrons. The standard InChI is InChI=1S/C22H34ClN3O5/c1-30-16-11-15(12-17(23)18(24)13-16)22(29)25-19-8-10-26(14-20(19)31-2)9-6-4-3-5-7-21(27)28/h11-13,16,19-20H,3-10,14,24H2,1-2H3,(H,25,29)(H,27,28). The lowest BCUT2D eigenvalue weighted by molar-refractivity contribution is -0.137. The highest BCUT2D eigenvalue weighted by molar-refractivity contribution is 6.32. The monoisotopic (exact) mass is 455 g/mol. The lowest BCUT2D eigenvalue weighted by Gasteiger charge is -2.38. The molecule has 1 saturated heterocycles. The fourth-order valence-electron chi connectivity index (χ4n) is 3.83. The zero-order valence-electron chi connectivity index (χ0n) is 18.3. The summed E-state index contributed by atoms with van der Waals surface area (Å²) in [4.78, 5) is 25.8. The second-order valence-electron chi connectivity index (χ2n) is 7.94. The van der Waals surface area contributed by atoms with Gasteiger partial charge in [-0.25, -0.2) is 0 Å². The Balaban J connectivity index is 1.84. The second-order valence-corrected chi connectivity index (χ2v) is 8.35. The third-order valence-electron chi connectivity index (χ3n) is 5.66. The van der Waals surface area contributed by atoms with E-state index in [4.69, 9.17) is 31.9 Å². The quantitative estimate of drug-likeness (QED) is 0.409. The molecule has 2 rings (SSSR count). The number of nitrogens with one attached hydrogen (secondary N) is 1. The van der Waals surface area contributed by atoms with Gasteiger partial charge in [0.2, 0.25) is 0 Å². The van der Waals surface area contributed by atoms with Crippen LogP contribution in [0.25, 0.3) is 0 Å². The first-order valence-corrected chi connectivity index (χ1v) is 11.1.